The van der Waals surface area contributed by atoms with Crippen LogP contribution >= 0.6 is 0 Å². The van der Waals surface area contributed by atoms with E-state index in [0.29, 0.717) is 19.4 Å². The van der Waals surface area contributed by atoms with E-state index in [1.165, 1.54) is 0 Å². The first kappa shape index (κ1) is 15.0. The molecule has 1 aliphatic carbocycles. The van der Waals surface area contributed by atoms with E-state index in [-0.39, 0.29) is 17.9 Å². The van der Waals surface area contributed by atoms with E-state index in [4.69, 9.17) is 10.8 Å². The molecule has 5 heteroatoms. The number of aliphatic carboxylic acids is 1. The van der Waals surface area contributed by atoms with Gasteiger partial charge in [0, 0.05) is 24.9 Å². The quantitative estimate of drug-likeness (QED) is 0.572. The number of carboxylic acid groups (broad SMARTS) is 1. The van der Waals surface area contributed by atoms with Crippen molar-refractivity contribution < 1.29 is 14.7 Å². The number of carbonyl (C=O) groups is 2. The molecule has 0 unspecified atom stereocenters. The highest BCUT2D eigenvalue weighted by molar-refractivity contribution is 5.77. The third-order valence-electron chi connectivity index (χ3n) is 3.50. The largest absolute Gasteiger partial charge is 0.481 e. The molecule has 1 saturated carbocycles. The van der Waals surface area contributed by atoms with E-state index in [9.17, 15) is 9.59 Å². The molecule has 0 saturated heterocycles. The maximum Gasteiger partial charge on any atom is 0.303 e. The van der Waals surface area contributed by atoms with Gasteiger partial charge in [-0.1, -0.05) is 19.3 Å². The molecule has 1 amide bonds. The van der Waals surface area contributed by atoms with Gasteiger partial charge in [0.15, 0.2) is 0 Å². The number of nitrogens with one attached hydrogen (secondary N) is 1. The van der Waals surface area contributed by atoms with Crippen LogP contribution in [0.15, 0.2) is 0 Å². The van der Waals surface area contributed by atoms with Gasteiger partial charge < -0.3 is 16.2 Å². The highest BCUT2D eigenvalue weighted by atomic mass is 16.4. The monoisotopic (exact) mass is 256 g/mol. The van der Waals surface area contributed by atoms with Gasteiger partial charge in [0.05, 0.1) is 0 Å². The molecule has 0 aromatic rings. The van der Waals surface area contributed by atoms with Crippen molar-refractivity contribution in [2.24, 2.45) is 5.73 Å². The predicted octanol–water partition coefficient (Wildman–Crippen LogP) is 1.41. The Morgan fingerprint density at radius 2 is 1.83 bits per heavy atom. The first-order chi connectivity index (χ1) is 8.52. The lowest BCUT2D eigenvalue weighted by atomic mass is 9.94. The SMILES string of the molecule is NC1(CC(=O)NCCCCCC(=O)O)CCCC1. The van der Waals surface area contributed by atoms with E-state index in [1.807, 2.05) is 0 Å². The zero-order chi connectivity index (χ0) is 13.4. The summed E-state index contributed by atoms with van der Waals surface area (Å²) in [5.41, 5.74) is 5.83. The van der Waals surface area contributed by atoms with Gasteiger partial charge in [-0.15, -0.1) is 0 Å². The number of hydrogen-bond donors (Lipinski definition) is 3. The van der Waals surface area contributed by atoms with Crippen LogP contribution in [0, 0.1) is 0 Å². The van der Waals surface area contributed by atoms with Crippen LogP contribution in [0.1, 0.15) is 57.8 Å². The van der Waals surface area contributed by atoms with Gasteiger partial charge >= 0.3 is 5.97 Å². The molecule has 0 atom stereocenters. The summed E-state index contributed by atoms with van der Waals surface area (Å²) in [6, 6.07) is 0. The summed E-state index contributed by atoms with van der Waals surface area (Å²) >= 11 is 0. The van der Waals surface area contributed by atoms with Gasteiger partial charge in [0.2, 0.25) is 5.91 Å². The highest BCUT2D eigenvalue weighted by Gasteiger charge is 2.31. The minimum atomic E-state index is -0.759. The van der Waals surface area contributed by atoms with Gasteiger partial charge in [0.25, 0.3) is 0 Å². The molecular formula is C13H24N2O3. The average Bonchev–Trinajstić information content (AvgIpc) is 2.69. The van der Waals surface area contributed by atoms with Crippen molar-refractivity contribution in [1.29, 1.82) is 0 Å². The average molecular weight is 256 g/mol. The molecule has 0 bridgehead atoms. The Labute approximate surface area is 108 Å². The van der Waals surface area contributed by atoms with E-state index in [0.717, 1.165) is 38.5 Å². The van der Waals surface area contributed by atoms with Gasteiger partial charge in [-0.25, -0.2) is 0 Å². The number of rotatable bonds is 8. The lowest BCUT2D eigenvalue weighted by molar-refractivity contribution is -0.137. The summed E-state index contributed by atoms with van der Waals surface area (Å²) in [5, 5.41) is 11.3. The molecule has 1 fully saturated rings. The summed E-state index contributed by atoms with van der Waals surface area (Å²) in [7, 11) is 0. The van der Waals surface area contributed by atoms with Crippen LogP contribution in [0.3, 0.4) is 0 Å². The fourth-order valence-corrected chi connectivity index (χ4v) is 2.44. The van der Waals surface area contributed by atoms with Gasteiger partial charge in [0.1, 0.15) is 0 Å². The maximum absolute atomic E-state index is 11.7. The second-order valence-corrected chi connectivity index (χ2v) is 5.30. The van der Waals surface area contributed by atoms with Crippen molar-refractivity contribution in [2.45, 2.75) is 63.3 Å². The normalized spacial score (nSPS) is 17.6. The van der Waals surface area contributed by atoms with Crippen LogP contribution in [-0.2, 0) is 9.59 Å². The minimum absolute atomic E-state index is 0.0256. The Kier molecular flexibility index (Phi) is 6.12. The first-order valence-corrected chi connectivity index (χ1v) is 6.79. The molecule has 0 spiro atoms. The van der Waals surface area contributed by atoms with Crippen molar-refractivity contribution >= 4 is 11.9 Å². The van der Waals surface area contributed by atoms with Gasteiger partial charge in [-0.2, -0.15) is 0 Å². The van der Waals surface area contributed by atoms with Crippen molar-refractivity contribution in [3.05, 3.63) is 0 Å². The summed E-state index contributed by atoms with van der Waals surface area (Å²) < 4.78 is 0. The zero-order valence-corrected chi connectivity index (χ0v) is 10.9. The second-order valence-electron chi connectivity index (χ2n) is 5.30. The summed E-state index contributed by atoms with van der Waals surface area (Å²) in [4.78, 5) is 21.9. The zero-order valence-electron chi connectivity index (χ0n) is 10.9. The lowest BCUT2D eigenvalue weighted by Crippen LogP contribution is -2.42. The second kappa shape index (κ2) is 7.36. The van der Waals surface area contributed by atoms with Crippen molar-refractivity contribution in [1.82, 2.24) is 5.32 Å². The van der Waals surface area contributed by atoms with Crippen LogP contribution in [-0.4, -0.2) is 29.1 Å². The number of carbonyl (C=O) groups excluding carboxylic acids is 1. The minimum Gasteiger partial charge on any atom is -0.481 e. The standard InChI is InChI=1S/C13H24N2O3/c14-13(7-3-4-8-13)10-11(16)15-9-5-1-2-6-12(17)18/h1-10,14H2,(H,15,16)(H,17,18). The number of hydrogen-bond acceptors (Lipinski definition) is 3. The van der Waals surface area contributed by atoms with Gasteiger partial charge in [-0.3, -0.25) is 9.59 Å². The first-order valence-electron chi connectivity index (χ1n) is 6.79. The third kappa shape index (κ3) is 6.00. The number of unbranched alkanes of at least 4 members (excludes halogenated alkanes) is 2. The summed E-state index contributed by atoms with van der Waals surface area (Å²) in [6.45, 7) is 0.620. The maximum atomic E-state index is 11.7. The fraction of sp³-hybridized carbons (Fsp3) is 0.846. The highest BCUT2D eigenvalue weighted by Crippen LogP contribution is 2.29. The molecule has 1 rings (SSSR count). The molecule has 1 aliphatic rings. The smallest absolute Gasteiger partial charge is 0.303 e. The van der Waals surface area contributed by atoms with E-state index in [2.05, 4.69) is 5.32 Å². The Bertz CT molecular complexity index is 286. The van der Waals surface area contributed by atoms with Crippen LogP contribution in [0.5, 0.6) is 0 Å². The number of nitrogens with two attached hydrogens (primary N) is 1. The van der Waals surface area contributed by atoms with Gasteiger partial charge in [-0.05, 0) is 25.7 Å². The molecule has 18 heavy (non-hydrogen) atoms. The van der Waals surface area contributed by atoms with Crippen molar-refractivity contribution in [3.8, 4) is 0 Å². The van der Waals surface area contributed by atoms with Crippen LogP contribution < -0.4 is 11.1 Å². The Hall–Kier alpha value is -1.10. The molecule has 104 valence electrons. The third-order valence-corrected chi connectivity index (χ3v) is 3.50. The molecular weight excluding hydrogens is 232 g/mol. The van der Waals surface area contributed by atoms with Crippen LogP contribution in [0.2, 0.25) is 0 Å². The van der Waals surface area contributed by atoms with Crippen molar-refractivity contribution in [3.63, 3.8) is 0 Å². The van der Waals surface area contributed by atoms with E-state index in [1.54, 1.807) is 0 Å². The molecule has 0 radical (unpaired) electrons. The molecule has 0 heterocycles. The van der Waals surface area contributed by atoms with E-state index >= 15 is 0 Å². The van der Waals surface area contributed by atoms with Crippen LogP contribution in [0.4, 0.5) is 0 Å². The Morgan fingerprint density at radius 1 is 1.17 bits per heavy atom. The Balaban J connectivity index is 2.01. The molecule has 0 aromatic carbocycles. The summed E-state index contributed by atoms with van der Waals surface area (Å²) in [5.74, 6) is -0.733. The lowest BCUT2D eigenvalue weighted by Gasteiger charge is -2.22. The van der Waals surface area contributed by atoms with Crippen molar-refractivity contribution in [2.75, 3.05) is 6.54 Å². The topological polar surface area (TPSA) is 92.4 Å². The van der Waals surface area contributed by atoms with Crippen LogP contribution in [0.25, 0.3) is 0 Å². The molecule has 4 N–H and O–H groups in total. The summed E-state index contributed by atoms with van der Waals surface area (Å²) in [6.07, 6.45) is 7.10. The van der Waals surface area contributed by atoms with E-state index < -0.39 is 5.97 Å². The number of carboxylic acids is 1. The number of amides is 1. The fourth-order valence-electron chi connectivity index (χ4n) is 2.44. The molecule has 5 nitrogen and oxygen atoms in total. The molecule has 0 aromatic heterocycles. The Morgan fingerprint density at radius 3 is 2.44 bits per heavy atom. The molecule has 0 aliphatic heterocycles. The predicted molar refractivity (Wildman–Crippen MR) is 69.1 cm³/mol.